The molecular weight excluding hydrogens is 313 g/mol. The van der Waals surface area contributed by atoms with Crippen LogP contribution in [0.4, 0.5) is 4.39 Å². The molecule has 0 fully saturated rings. The highest BCUT2D eigenvalue weighted by molar-refractivity contribution is 7.17. The fourth-order valence-corrected chi connectivity index (χ4v) is 3.31. The number of aryl methyl sites for hydroxylation is 1. The quantitative estimate of drug-likeness (QED) is 0.707. The van der Waals surface area contributed by atoms with Crippen molar-refractivity contribution in [3.63, 3.8) is 0 Å². The molecule has 0 radical (unpaired) electrons. The summed E-state index contributed by atoms with van der Waals surface area (Å²) in [5.74, 6) is 4.54. The maximum absolute atomic E-state index is 13.5. The molecule has 0 aliphatic rings. The third kappa shape index (κ3) is 2.81. The molecule has 0 unspecified atom stereocenters. The predicted molar refractivity (Wildman–Crippen MR) is 89.3 cm³/mol. The van der Waals surface area contributed by atoms with Gasteiger partial charge in [-0.25, -0.2) is 14.2 Å². The number of hydrogen-bond acceptors (Lipinski definition) is 3. The first-order chi connectivity index (χ1) is 11.0. The van der Waals surface area contributed by atoms with E-state index in [1.807, 2.05) is 12.1 Å². The highest BCUT2D eigenvalue weighted by Gasteiger charge is 2.16. The number of benzene rings is 2. The molecule has 23 heavy (non-hydrogen) atoms. The van der Waals surface area contributed by atoms with E-state index in [9.17, 15) is 14.3 Å². The molecular formula is C18H12FNO2S. The SMILES string of the molecule is CC#Cc1cc(-c2nc(C)c(C(=O)O)s2)cc2cc(F)ccc12. The van der Waals surface area contributed by atoms with Crippen molar-refractivity contribution in [2.45, 2.75) is 13.8 Å². The van der Waals surface area contributed by atoms with Crippen molar-refractivity contribution in [2.24, 2.45) is 0 Å². The Bertz CT molecular complexity index is 995. The van der Waals surface area contributed by atoms with Crippen molar-refractivity contribution in [1.82, 2.24) is 4.98 Å². The molecule has 1 aromatic heterocycles. The van der Waals surface area contributed by atoms with Crippen LogP contribution in [0.5, 0.6) is 0 Å². The Morgan fingerprint density at radius 1 is 1.30 bits per heavy atom. The van der Waals surface area contributed by atoms with E-state index in [4.69, 9.17) is 0 Å². The Morgan fingerprint density at radius 2 is 2.09 bits per heavy atom. The van der Waals surface area contributed by atoms with E-state index < -0.39 is 5.97 Å². The van der Waals surface area contributed by atoms with Gasteiger partial charge in [0.25, 0.3) is 0 Å². The molecule has 0 aliphatic heterocycles. The summed E-state index contributed by atoms with van der Waals surface area (Å²) in [7, 11) is 0. The average Bonchev–Trinajstić information content (AvgIpc) is 2.89. The van der Waals surface area contributed by atoms with E-state index in [0.29, 0.717) is 16.1 Å². The second kappa shape index (κ2) is 5.82. The number of fused-ring (bicyclic) bond motifs is 1. The van der Waals surface area contributed by atoms with Gasteiger partial charge in [0.2, 0.25) is 0 Å². The van der Waals surface area contributed by atoms with Crippen LogP contribution in [0, 0.1) is 24.6 Å². The van der Waals surface area contributed by atoms with Gasteiger partial charge in [0.15, 0.2) is 0 Å². The Hall–Kier alpha value is -2.71. The highest BCUT2D eigenvalue weighted by atomic mass is 32.1. The minimum atomic E-state index is -0.994. The molecule has 0 atom stereocenters. The Kier molecular flexibility index (Phi) is 3.85. The molecule has 114 valence electrons. The molecule has 0 saturated heterocycles. The second-order valence-electron chi connectivity index (χ2n) is 5.00. The number of nitrogens with zero attached hydrogens (tertiary/aromatic N) is 1. The summed E-state index contributed by atoms with van der Waals surface area (Å²) in [6.45, 7) is 3.40. The molecule has 0 bridgehead atoms. The van der Waals surface area contributed by atoms with E-state index in [2.05, 4.69) is 16.8 Å². The van der Waals surface area contributed by atoms with Gasteiger partial charge in [-0.3, -0.25) is 0 Å². The zero-order chi connectivity index (χ0) is 16.6. The monoisotopic (exact) mass is 325 g/mol. The number of aromatic nitrogens is 1. The Balaban J connectivity index is 2.27. The van der Waals surface area contributed by atoms with Gasteiger partial charge in [0, 0.05) is 11.1 Å². The summed E-state index contributed by atoms with van der Waals surface area (Å²) in [5.41, 5.74) is 1.98. The summed E-state index contributed by atoms with van der Waals surface area (Å²) >= 11 is 1.11. The van der Waals surface area contributed by atoms with Crippen LogP contribution in [-0.2, 0) is 0 Å². The molecule has 0 spiro atoms. The van der Waals surface area contributed by atoms with Gasteiger partial charge in [-0.05, 0) is 48.9 Å². The summed E-state index contributed by atoms with van der Waals surface area (Å²) in [4.78, 5) is 15.7. The number of halogens is 1. The van der Waals surface area contributed by atoms with Crippen molar-refractivity contribution in [3.8, 4) is 22.4 Å². The molecule has 5 heteroatoms. The van der Waals surface area contributed by atoms with Crippen LogP contribution >= 0.6 is 11.3 Å². The lowest BCUT2D eigenvalue weighted by molar-refractivity contribution is 0.0701. The zero-order valence-electron chi connectivity index (χ0n) is 12.5. The molecule has 0 amide bonds. The van der Waals surface area contributed by atoms with Crippen molar-refractivity contribution in [3.05, 3.63) is 52.3 Å². The Labute approximate surface area is 136 Å². The van der Waals surface area contributed by atoms with Crippen molar-refractivity contribution < 1.29 is 14.3 Å². The van der Waals surface area contributed by atoms with E-state index in [-0.39, 0.29) is 10.7 Å². The van der Waals surface area contributed by atoms with Gasteiger partial charge in [-0.2, -0.15) is 0 Å². The Morgan fingerprint density at radius 3 is 2.74 bits per heavy atom. The molecule has 2 aromatic carbocycles. The first-order valence-electron chi connectivity index (χ1n) is 6.86. The van der Waals surface area contributed by atoms with Gasteiger partial charge in [-0.15, -0.1) is 17.3 Å². The molecule has 0 saturated carbocycles. The molecule has 3 aromatic rings. The first-order valence-corrected chi connectivity index (χ1v) is 7.68. The van der Waals surface area contributed by atoms with Crippen molar-refractivity contribution >= 4 is 28.1 Å². The highest BCUT2D eigenvalue weighted by Crippen LogP contribution is 2.32. The smallest absolute Gasteiger partial charge is 0.347 e. The van der Waals surface area contributed by atoms with Crippen molar-refractivity contribution in [1.29, 1.82) is 0 Å². The number of carboxylic acid groups (broad SMARTS) is 1. The number of carboxylic acids is 1. The van der Waals surface area contributed by atoms with Crippen LogP contribution in [0.2, 0.25) is 0 Å². The molecule has 3 rings (SSSR count). The molecule has 0 aliphatic carbocycles. The first kappa shape index (κ1) is 15.2. The summed E-state index contributed by atoms with van der Waals surface area (Å²) < 4.78 is 13.5. The minimum absolute atomic E-state index is 0.211. The van der Waals surface area contributed by atoms with Crippen LogP contribution in [0.25, 0.3) is 21.3 Å². The van der Waals surface area contributed by atoms with E-state index in [0.717, 1.165) is 27.8 Å². The maximum atomic E-state index is 13.5. The fourth-order valence-electron chi connectivity index (χ4n) is 2.42. The minimum Gasteiger partial charge on any atom is -0.477 e. The number of thiazole rings is 1. The van der Waals surface area contributed by atoms with Crippen LogP contribution < -0.4 is 0 Å². The normalized spacial score (nSPS) is 10.4. The summed E-state index contributed by atoms with van der Waals surface area (Å²) in [5, 5.41) is 11.3. The molecule has 3 nitrogen and oxygen atoms in total. The third-order valence-electron chi connectivity index (χ3n) is 3.41. The van der Waals surface area contributed by atoms with Crippen molar-refractivity contribution in [2.75, 3.05) is 0 Å². The number of carbonyl (C=O) groups is 1. The lowest BCUT2D eigenvalue weighted by atomic mass is 10.0. The third-order valence-corrected chi connectivity index (χ3v) is 4.61. The number of aromatic carboxylic acids is 1. The standard InChI is InChI=1S/C18H12FNO2S/c1-3-4-11-7-13(8-12-9-14(19)5-6-15(11)12)17-20-10(2)16(23-17)18(21)22/h5-9H,1-2H3,(H,21,22). The van der Waals surface area contributed by atoms with Crippen LogP contribution in [0.15, 0.2) is 30.3 Å². The average molecular weight is 325 g/mol. The lowest BCUT2D eigenvalue weighted by Crippen LogP contribution is -1.94. The maximum Gasteiger partial charge on any atom is 0.347 e. The van der Waals surface area contributed by atoms with E-state index >= 15 is 0 Å². The van der Waals surface area contributed by atoms with Gasteiger partial charge >= 0.3 is 5.97 Å². The zero-order valence-corrected chi connectivity index (χ0v) is 13.3. The number of rotatable bonds is 2. The second-order valence-corrected chi connectivity index (χ2v) is 6.00. The number of hydrogen-bond donors (Lipinski definition) is 1. The van der Waals surface area contributed by atoms with Gasteiger partial charge in [-0.1, -0.05) is 12.0 Å². The van der Waals surface area contributed by atoms with Gasteiger partial charge in [0.05, 0.1) is 5.69 Å². The van der Waals surface area contributed by atoms with Gasteiger partial charge < -0.3 is 5.11 Å². The predicted octanol–water partition coefficient (Wildman–Crippen LogP) is 4.48. The molecule has 1 heterocycles. The molecule has 1 N–H and O–H groups in total. The lowest BCUT2D eigenvalue weighted by Gasteiger charge is -2.05. The fraction of sp³-hybridized carbons (Fsp3) is 0.111. The van der Waals surface area contributed by atoms with E-state index in [1.54, 1.807) is 19.9 Å². The van der Waals surface area contributed by atoms with Crippen LogP contribution in [0.3, 0.4) is 0 Å². The van der Waals surface area contributed by atoms with E-state index in [1.165, 1.54) is 12.1 Å². The summed E-state index contributed by atoms with van der Waals surface area (Å²) in [6, 6.07) is 8.21. The topological polar surface area (TPSA) is 50.2 Å². The van der Waals surface area contributed by atoms with Crippen LogP contribution in [0.1, 0.15) is 27.9 Å². The largest absolute Gasteiger partial charge is 0.477 e. The van der Waals surface area contributed by atoms with Gasteiger partial charge in [0.1, 0.15) is 15.7 Å². The van der Waals surface area contributed by atoms with Crippen LogP contribution in [-0.4, -0.2) is 16.1 Å². The summed E-state index contributed by atoms with van der Waals surface area (Å²) in [6.07, 6.45) is 0.